The number of unbranched alkanes of at least 4 members (excludes halogenated alkanes) is 1. The Labute approximate surface area is 192 Å². The zero-order valence-corrected chi connectivity index (χ0v) is 19.7. The van der Waals surface area contributed by atoms with E-state index >= 15 is 0 Å². The van der Waals surface area contributed by atoms with Gasteiger partial charge in [0.25, 0.3) is 11.5 Å². The maximum absolute atomic E-state index is 13.5. The predicted octanol–water partition coefficient (Wildman–Crippen LogP) is 3.24. The standard InChI is InChI=1S/C26H27N3O2S/c1-5-6-13-28-24(30)21(16-27)26-29(22-12-9-18(3)14-19(22)4)25(31)23(32-26)15-20-10-7-17(2)8-11-20/h7-12,14-15H,5-6,13H2,1-4H3,(H,28,30)/b23-15-,26-21-. The van der Waals surface area contributed by atoms with Crippen LogP contribution in [0.5, 0.6) is 0 Å². The molecule has 1 heterocycles. The summed E-state index contributed by atoms with van der Waals surface area (Å²) in [5.41, 5.74) is 4.37. The number of carbonyl (C=O) groups excluding carboxylic acids is 1. The molecule has 3 rings (SSSR count). The lowest BCUT2D eigenvalue weighted by Gasteiger charge is -2.09. The highest BCUT2D eigenvalue weighted by Gasteiger charge is 2.17. The van der Waals surface area contributed by atoms with Gasteiger partial charge in [0.05, 0.1) is 10.2 Å². The molecule has 0 spiro atoms. The van der Waals surface area contributed by atoms with Crippen molar-refractivity contribution in [1.29, 1.82) is 5.26 Å². The van der Waals surface area contributed by atoms with E-state index in [1.54, 1.807) is 6.08 Å². The second-order valence-electron chi connectivity index (χ2n) is 7.85. The molecule has 0 aliphatic carbocycles. The molecule has 3 aromatic rings. The van der Waals surface area contributed by atoms with E-state index in [1.165, 1.54) is 15.9 Å². The number of carbonyl (C=O) groups is 1. The lowest BCUT2D eigenvalue weighted by Crippen LogP contribution is -2.34. The van der Waals surface area contributed by atoms with Gasteiger partial charge in [-0.25, -0.2) is 0 Å². The summed E-state index contributed by atoms with van der Waals surface area (Å²) in [5, 5.41) is 12.6. The van der Waals surface area contributed by atoms with Gasteiger partial charge in [0.15, 0.2) is 5.57 Å². The Kier molecular flexibility index (Phi) is 7.45. The molecule has 0 saturated carbocycles. The zero-order chi connectivity index (χ0) is 23.3. The highest BCUT2D eigenvalue weighted by molar-refractivity contribution is 7.07. The molecule has 0 radical (unpaired) electrons. The van der Waals surface area contributed by atoms with E-state index < -0.39 is 5.91 Å². The van der Waals surface area contributed by atoms with Crippen molar-refractivity contribution in [1.82, 2.24) is 9.88 Å². The lowest BCUT2D eigenvalue weighted by molar-refractivity contribution is -0.115. The van der Waals surface area contributed by atoms with E-state index in [0.717, 1.165) is 35.1 Å². The summed E-state index contributed by atoms with van der Waals surface area (Å²) in [6.07, 6.45) is 3.56. The molecule has 0 saturated heterocycles. The number of rotatable bonds is 6. The van der Waals surface area contributed by atoms with Crippen LogP contribution in [0.2, 0.25) is 0 Å². The molecule has 1 aromatic heterocycles. The van der Waals surface area contributed by atoms with Crippen molar-refractivity contribution < 1.29 is 4.79 Å². The van der Waals surface area contributed by atoms with Crippen molar-refractivity contribution >= 4 is 28.9 Å². The van der Waals surface area contributed by atoms with E-state index in [9.17, 15) is 14.9 Å². The molecule has 0 aliphatic heterocycles. The molecule has 0 aliphatic rings. The molecule has 0 atom stereocenters. The van der Waals surface area contributed by atoms with Crippen LogP contribution in [0.25, 0.3) is 17.3 Å². The molecule has 1 amide bonds. The minimum absolute atomic E-state index is 0.0493. The van der Waals surface area contributed by atoms with Gasteiger partial charge in [-0.3, -0.25) is 14.2 Å². The SMILES string of the molecule is CCCCNC(=O)/C(C#N)=c1\s/c(=C\c2ccc(C)cc2)c(=O)n1-c1ccc(C)cc1C. The maximum atomic E-state index is 13.5. The van der Waals surface area contributed by atoms with Gasteiger partial charge >= 0.3 is 0 Å². The van der Waals surface area contributed by atoms with Crippen molar-refractivity contribution in [2.45, 2.75) is 40.5 Å². The molecule has 5 nitrogen and oxygen atoms in total. The zero-order valence-electron chi connectivity index (χ0n) is 18.9. The minimum Gasteiger partial charge on any atom is -0.351 e. The van der Waals surface area contributed by atoms with Gasteiger partial charge in [0.2, 0.25) is 0 Å². The van der Waals surface area contributed by atoms with Gasteiger partial charge in [-0.05, 0) is 50.5 Å². The molecular weight excluding hydrogens is 418 g/mol. The molecule has 1 N–H and O–H groups in total. The summed E-state index contributed by atoms with van der Waals surface area (Å²) >= 11 is 1.17. The van der Waals surface area contributed by atoms with Gasteiger partial charge < -0.3 is 5.32 Å². The van der Waals surface area contributed by atoms with E-state index in [-0.39, 0.29) is 11.1 Å². The first-order chi connectivity index (χ1) is 15.3. The minimum atomic E-state index is -0.456. The number of nitrogens with one attached hydrogen (secondary N) is 1. The predicted molar refractivity (Wildman–Crippen MR) is 130 cm³/mol. The van der Waals surface area contributed by atoms with E-state index in [4.69, 9.17) is 0 Å². The quantitative estimate of drug-likeness (QED) is 0.592. The monoisotopic (exact) mass is 445 g/mol. The highest BCUT2D eigenvalue weighted by Crippen LogP contribution is 2.13. The molecule has 2 aromatic carbocycles. The van der Waals surface area contributed by atoms with Gasteiger partial charge in [-0.2, -0.15) is 5.26 Å². The van der Waals surface area contributed by atoms with E-state index in [2.05, 4.69) is 5.32 Å². The van der Waals surface area contributed by atoms with Crippen molar-refractivity contribution in [2.24, 2.45) is 0 Å². The summed E-state index contributed by atoms with van der Waals surface area (Å²) in [4.78, 5) is 26.3. The van der Waals surface area contributed by atoms with Crippen molar-refractivity contribution in [3.8, 4) is 11.8 Å². The van der Waals surface area contributed by atoms with Gasteiger partial charge in [-0.1, -0.05) is 60.9 Å². The summed E-state index contributed by atoms with van der Waals surface area (Å²) < 4.78 is 2.31. The number of nitriles is 1. The maximum Gasteiger partial charge on any atom is 0.273 e. The third-order valence-corrected chi connectivity index (χ3v) is 6.25. The number of thiazole rings is 1. The molecule has 164 valence electrons. The summed E-state index contributed by atoms with van der Waals surface area (Å²) in [6.45, 7) is 8.44. The fourth-order valence-electron chi connectivity index (χ4n) is 3.40. The van der Waals surface area contributed by atoms with Gasteiger partial charge in [0, 0.05) is 6.54 Å². The van der Waals surface area contributed by atoms with Crippen LogP contribution in [-0.4, -0.2) is 17.0 Å². The second-order valence-corrected chi connectivity index (χ2v) is 8.88. The van der Waals surface area contributed by atoms with Crippen molar-refractivity contribution in [2.75, 3.05) is 6.54 Å². The molecule has 6 heteroatoms. The lowest BCUT2D eigenvalue weighted by atomic mass is 10.1. The van der Waals surface area contributed by atoms with Crippen LogP contribution in [0.3, 0.4) is 0 Å². The van der Waals surface area contributed by atoms with Crippen LogP contribution in [0.1, 0.15) is 42.0 Å². The van der Waals surface area contributed by atoms with Crippen LogP contribution >= 0.6 is 11.3 Å². The Hall–Kier alpha value is -3.43. The smallest absolute Gasteiger partial charge is 0.273 e. The first-order valence-electron chi connectivity index (χ1n) is 10.7. The van der Waals surface area contributed by atoms with Crippen LogP contribution < -0.4 is 20.1 Å². The highest BCUT2D eigenvalue weighted by atomic mass is 32.1. The first kappa shape index (κ1) is 23.2. The average Bonchev–Trinajstić information content (AvgIpc) is 3.06. The fraction of sp³-hybridized carbons (Fsp3) is 0.269. The third-order valence-electron chi connectivity index (χ3n) is 5.16. The van der Waals surface area contributed by atoms with E-state index in [1.807, 2.05) is 76.2 Å². The average molecular weight is 446 g/mol. The van der Waals surface area contributed by atoms with E-state index in [0.29, 0.717) is 21.4 Å². The summed E-state index contributed by atoms with van der Waals surface area (Å²) in [6, 6.07) is 15.7. The number of nitrogens with zero attached hydrogens (tertiary/aromatic N) is 2. The normalized spacial score (nSPS) is 12.4. The van der Waals surface area contributed by atoms with Crippen molar-refractivity contribution in [3.05, 3.63) is 84.3 Å². The molecule has 0 unspecified atom stereocenters. The number of aryl methyl sites for hydroxylation is 3. The Morgan fingerprint density at radius 1 is 1.12 bits per heavy atom. The molecule has 32 heavy (non-hydrogen) atoms. The molecule has 0 bridgehead atoms. The van der Waals surface area contributed by atoms with Crippen LogP contribution in [0.15, 0.2) is 47.3 Å². The number of amides is 1. The largest absolute Gasteiger partial charge is 0.351 e. The Morgan fingerprint density at radius 3 is 2.44 bits per heavy atom. The molecular formula is C26H27N3O2S. The van der Waals surface area contributed by atoms with Gasteiger partial charge in [0.1, 0.15) is 10.7 Å². The van der Waals surface area contributed by atoms with Crippen LogP contribution in [0, 0.1) is 32.1 Å². The van der Waals surface area contributed by atoms with Crippen molar-refractivity contribution in [3.63, 3.8) is 0 Å². The number of aromatic nitrogens is 1. The molecule has 0 fully saturated rings. The fourth-order valence-corrected chi connectivity index (χ4v) is 4.50. The topological polar surface area (TPSA) is 74.9 Å². The first-order valence-corrected chi connectivity index (χ1v) is 11.5. The number of hydrogen-bond donors (Lipinski definition) is 1. The van der Waals surface area contributed by atoms with Crippen LogP contribution in [-0.2, 0) is 4.79 Å². The van der Waals surface area contributed by atoms with Gasteiger partial charge in [-0.15, -0.1) is 11.3 Å². The second kappa shape index (κ2) is 10.3. The van der Waals surface area contributed by atoms with Crippen LogP contribution in [0.4, 0.5) is 0 Å². The Morgan fingerprint density at radius 2 is 1.81 bits per heavy atom. The third kappa shape index (κ3) is 5.06. The Bertz CT molecular complexity index is 1360. The number of hydrogen-bond acceptors (Lipinski definition) is 4. The Balaban J connectivity index is 2.32. The summed E-state index contributed by atoms with van der Waals surface area (Å²) in [7, 11) is 0. The summed E-state index contributed by atoms with van der Waals surface area (Å²) in [5.74, 6) is -0.456. The number of benzene rings is 2.